The number of carbonyl (C=O) groups excluding carboxylic acids is 1. The van der Waals surface area contributed by atoms with E-state index in [-0.39, 0.29) is 24.0 Å². The molecule has 0 aliphatic heterocycles. The molecule has 2 aromatic heterocycles. The molecule has 0 spiro atoms. The quantitative estimate of drug-likeness (QED) is 0.215. The lowest BCUT2D eigenvalue weighted by Crippen LogP contribution is -2.39. The fourth-order valence-corrected chi connectivity index (χ4v) is 2.54. The fraction of sp³-hybridized carbons (Fsp3) is 0.579. The van der Waals surface area contributed by atoms with Gasteiger partial charge in [0.1, 0.15) is 11.4 Å². The summed E-state index contributed by atoms with van der Waals surface area (Å²) in [7, 11) is 1.74. The Balaban J connectivity index is 0.00000420. The molecule has 162 valence electrons. The van der Waals surface area contributed by atoms with E-state index < -0.39 is 11.7 Å². The van der Waals surface area contributed by atoms with Crippen LogP contribution in [0.1, 0.15) is 39.4 Å². The van der Waals surface area contributed by atoms with E-state index >= 15 is 0 Å². The number of nitrogens with zero attached hydrogens (tertiary/aromatic N) is 4. The Morgan fingerprint density at radius 3 is 2.48 bits per heavy atom. The number of halogens is 1. The molecule has 0 aromatic carbocycles. The molecular formula is C19H32IN7O2. The molecule has 0 bridgehead atoms. The van der Waals surface area contributed by atoms with Crippen LogP contribution in [0, 0.1) is 0 Å². The van der Waals surface area contributed by atoms with Gasteiger partial charge >= 0.3 is 6.09 Å². The van der Waals surface area contributed by atoms with Gasteiger partial charge in [0.05, 0.1) is 0 Å². The maximum atomic E-state index is 11.6. The molecule has 1 amide bonds. The van der Waals surface area contributed by atoms with E-state index in [0.717, 1.165) is 43.2 Å². The lowest BCUT2D eigenvalue weighted by Gasteiger charge is -2.19. The van der Waals surface area contributed by atoms with Crippen molar-refractivity contribution >= 4 is 41.7 Å². The van der Waals surface area contributed by atoms with E-state index in [1.807, 2.05) is 49.6 Å². The number of hydrogen-bond donors (Lipinski definition) is 3. The third kappa shape index (κ3) is 9.29. The summed E-state index contributed by atoms with van der Waals surface area (Å²) in [6.45, 7) is 7.54. The number of amides is 1. The van der Waals surface area contributed by atoms with Crippen LogP contribution in [0.25, 0.3) is 5.65 Å². The van der Waals surface area contributed by atoms with E-state index in [4.69, 9.17) is 4.74 Å². The van der Waals surface area contributed by atoms with Crippen molar-refractivity contribution in [3.05, 3.63) is 30.2 Å². The summed E-state index contributed by atoms with van der Waals surface area (Å²) < 4.78 is 7.20. The predicted molar refractivity (Wildman–Crippen MR) is 125 cm³/mol. The lowest BCUT2D eigenvalue weighted by molar-refractivity contribution is 0.0527. The molecule has 2 aromatic rings. The van der Waals surface area contributed by atoms with E-state index in [9.17, 15) is 4.79 Å². The van der Waals surface area contributed by atoms with Gasteiger partial charge in [-0.2, -0.15) is 0 Å². The van der Waals surface area contributed by atoms with Crippen molar-refractivity contribution in [1.29, 1.82) is 0 Å². The van der Waals surface area contributed by atoms with Crippen molar-refractivity contribution in [2.75, 3.05) is 26.7 Å². The number of aliphatic imine (C=N–C) groups is 1. The van der Waals surface area contributed by atoms with Crippen molar-refractivity contribution < 1.29 is 9.53 Å². The first kappa shape index (κ1) is 24.9. The maximum absolute atomic E-state index is 11.6. The number of ether oxygens (including phenoxy) is 1. The Kier molecular flexibility index (Phi) is 10.7. The van der Waals surface area contributed by atoms with Crippen LogP contribution in [-0.4, -0.2) is 58.9 Å². The molecule has 0 unspecified atom stereocenters. The van der Waals surface area contributed by atoms with Crippen LogP contribution >= 0.6 is 24.0 Å². The average Bonchev–Trinajstić information content (AvgIpc) is 3.05. The fourth-order valence-electron chi connectivity index (χ4n) is 2.54. The molecule has 2 rings (SSSR count). The molecule has 0 radical (unpaired) electrons. The minimum atomic E-state index is -0.479. The maximum Gasteiger partial charge on any atom is 0.407 e. The Hall–Kier alpha value is -2.11. The van der Waals surface area contributed by atoms with Crippen LogP contribution in [0.4, 0.5) is 4.79 Å². The van der Waals surface area contributed by atoms with Crippen LogP contribution in [0.15, 0.2) is 29.4 Å². The van der Waals surface area contributed by atoms with Crippen LogP contribution in [0.5, 0.6) is 0 Å². The molecule has 0 atom stereocenters. The highest BCUT2D eigenvalue weighted by molar-refractivity contribution is 14.0. The number of rotatable bonds is 8. The summed E-state index contributed by atoms with van der Waals surface area (Å²) in [4.78, 5) is 15.8. The van der Waals surface area contributed by atoms with Crippen LogP contribution in [-0.2, 0) is 11.2 Å². The lowest BCUT2D eigenvalue weighted by atomic mass is 10.2. The monoisotopic (exact) mass is 517 g/mol. The third-order valence-corrected chi connectivity index (χ3v) is 3.79. The molecule has 0 fully saturated rings. The van der Waals surface area contributed by atoms with Gasteiger partial charge in [0.15, 0.2) is 11.6 Å². The average molecular weight is 517 g/mol. The zero-order valence-electron chi connectivity index (χ0n) is 17.6. The Morgan fingerprint density at radius 1 is 1.10 bits per heavy atom. The minimum absolute atomic E-state index is 0. The molecule has 0 aliphatic carbocycles. The first-order chi connectivity index (χ1) is 13.4. The minimum Gasteiger partial charge on any atom is -0.444 e. The van der Waals surface area contributed by atoms with E-state index in [1.165, 1.54) is 0 Å². The second-order valence-corrected chi connectivity index (χ2v) is 7.36. The van der Waals surface area contributed by atoms with Gasteiger partial charge in [0, 0.05) is 39.3 Å². The van der Waals surface area contributed by atoms with E-state index in [2.05, 4.69) is 31.1 Å². The molecule has 0 saturated carbocycles. The van der Waals surface area contributed by atoms with Gasteiger partial charge in [-0.05, 0) is 45.7 Å². The molecule has 3 N–H and O–H groups in total. The van der Waals surface area contributed by atoms with Crippen LogP contribution < -0.4 is 16.0 Å². The number of aromatic nitrogens is 3. The van der Waals surface area contributed by atoms with Crippen molar-refractivity contribution in [3.63, 3.8) is 0 Å². The van der Waals surface area contributed by atoms with Crippen molar-refractivity contribution in [3.8, 4) is 0 Å². The zero-order chi connectivity index (χ0) is 20.4. The van der Waals surface area contributed by atoms with Crippen molar-refractivity contribution in [2.45, 2.75) is 45.6 Å². The van der Waals surface area contributed by atoms with Gasteiger partial charge < -0.3 is 20.7 Å². The first-order valence-corrected chi connectivity index (χ1v) is 9.59. The second-order valence-electron chi connectivity index (χ2n) is 7.36. The van der Waals surface area contributed by atoms with E-state index in [0.29, 0.717) is 13.1 Å². The number of fused-ring (bicyclic) bond motifs is 1. The highest BCUT2D eigenvalue weighted by Gasteiger charge is 2.15. The number of guanidine groups is 1. The predicted octanol–water partition coefficient (Wildman–Crippen LogP) is 2.36. The van der Waals surface area contributed by atoms with Crippen LogP contribution in [0.2, 0.25) is 0 Å². The summed E-state index contributed by atoms with van der Waals surface area (Å²) in [5, 5.41) is 17.6. The molecular weight excluding hydrogens is 485 g/mol. The molecule has 0 saturated heterocycles. The van der Waals surface area contributed by atoms with Gasteiger partial charge in [-0.15, -0.1) is 34.2 Å². The SMILES string of the molecule is CN=C(NCCCNC(=O)OC(C)(C)C)NCCCc1nnc2ccccn12.I. The summed E-state index contributed by atoms with van der Waals surface area (Å²) in [5.74, 6) is 1.69. The van der Waals surface area contributed by atoms with Gasteiger partial charge in [-0.25, -0.2) is 4.79 Å². The number of alkyl carbamates (subject to hydrolysis) is 1. The number of aryl methyl sites for hydroxylation is 1. The Morgan fingerprint density at radius 2 is 1.79 bits per heavy atom. The highest BCUT2D eigenvalue weighted by Crippen LogP contribution is 2.06. The normalized spacial score (nSPS) is 11.7. The highest BCUT2D eigenvalue weighted by atomic mass is 127. The number of pyridine rings is 1. The number of nitrogens with one attached hydrogen (secondary N) is 3. The molecule has 10 heteroatoms. The van der Waals surface area contributed by atoms with Gasteiger partial charge in [-0.1, -0.05) is 6.07 Å². The van der Waals surface area contributed by atoms with Crippen molar-refractivity contribution in [2.24, 2.45) is 4.99 Å². The molecule has 0 aliphatic rings. The number of hydrogen-bond acceptors (Lipinski definition) is 5. The zero-order valence-corrected chi connectivity index (χ0v) is 19.9. The van der Waals surface area contributed by atoms with Gasteiger partial charge in [0.2, 0.25) is 0 Å². The van der Waals surface area contributed by atoms with Gasteiger partial charge in [0.25, 0.3) is 0 Å². The smallest absolute Gasteiger partial charge is 0.407 e. The summed E-state index contributed by atoms with van der Waals surface area (Å²) in [6, 6.07) is 5.87. The Bertz CT molecular complexity index is 786. The summed E-state index contributed by atoms with van der Waals surface area (Å²) >= 11 is 0. The summed E-state index contributed by atoms with van der Waals surface area (Å²) in [6.07, 6.45) is 4.09. The largest absolute Gasteiger partial charge is 0.444 e. The summed E-state index contributed by atoms with van der Waals surface area (Å²) in [5.41, 5.74) is 0.385. The van der Waals surface area contributed by atoms with E-state index in [1.54, 1.807) is 7.05 Å². The molecule has 29 heavy (non-hydrogen) atoms. The second kappa shape index (κ2) is 12.5. The van der Waals surface area contributed by atoms with Gasteiger partial charge in [-0.3, -0.25) is 9.39 Å². The number of carbonyl (C=O) groups is 1. The molecule has 2 heterocycles. The first-order valence-electron chi connectivity index (χ1n) is 9.59. The Labute approximate surface area is 189 Å². The standard InChI is InChI=1S/C19H31N7O2.HI/c1-19(2,3)28-18(27)23-13-8-12-22-17(20-4)21-11-7-10-16-25-24-15-9-5-6-14-26(15)16;/h5-6,9,14H,7-8,10-13H2,1-4H3,(H,23,27)(H2,20,21,22);1H. The topological polar surface area (TPSA) is 105 Å². The third-order valence-electron chi connectivity index (χ3n) is 3.79. The van der Waals surface area contributed by atoms with Crippen LogP contribution in [0.3, 0.4) is 0 Å². The van der Waals surface area contributed by atoms with Crippen molar-refractivity contribution in [1.82, 2.24) is 30.5 Å². The molecule has 9 nitrogen and oxygen atoms in total.